The van der Waals surface area contributed by atoms with Crippen LogP contribution in [0.2, 0.25) is 15.2 Å². The molecule has 2 aromatic heterocycles. The number of hydrogen-bond donors (Lipinski definition) is 0. The number of rotatable bonds is 1. The number of halogens is 3. The van der Waals surface area contributed by atoms with E-state index in [1.165, 1.54) is 23.4 Å². The Morgan fingerprint density at radius 3 is 2.57 bits per heavy atom. The fraction of sp³-hybridized carbons (Fsp3) is 0. The van der Waals surface area contributed by atoms with Crippen molar-refractivity contribution in [3.05, 3.63) is 33.9 Å². The molecule has 72 valence electrons. The summed E-state index contributed by atoms with van der Waals surface area (Å²) in [6, 6.07) is 1.51. The molecule has 0 aliphatic rings. The van der Waals surface area contributed by atoms with Crippen molar-refractivity contribution in [2.45, 2.75) is 0 Å². The van der Waals surface area contributed by atoms with Crippen molar-refractivity contribution in [3.8, 4) is 5.82 Å². The Labute approximate surface area is 94.4 Å². The van der Waals surface area contributed by atoms with E-state index in [1.807, 2.05) is 0 Å². The highest BCUT2D eigenvalue weighted by atomic mass is 35.5. The van der Waals surface area contributed by atoms with E-state index >= 15 is 0 Å². The molecule has 4 nitrogen and oxygen atoms in total. The molecule has 0 aromatic carbocycles. The van der Waals surface area contributed by atoms with Gasteiger partial charge in [-0.25, -0.2) is 14.6 Å². The fourth-order valence-corrected chi connectivity index (χ4v) is 1.49. The lowest BCUT2D eigenvalue weighted by Gasteiger charge is -2.03. The monoisotopic (exact) mass is 248 g/mol. The van der Waals surface area contributed by atoms with E-state index < -0.39 is 0 Å². The van der Waals surface area contributed by atoms with E-state index in [1.54, 1.807) is 0 Å². The predicted octanol–water partition coefficient (Wildman–Crippen LogP) is 2.62. The van der Waals surface area contributed by atoms with Crippen molar-refractivity contribution < 1.29 is 0 Å². The summed E-state index contributed by atoms with van der Waals surface area (Å²) in [6.07, 6.45) is 2.85. The van der Waals surface area contributed by atoms with Gasteiger partial charge in [-0.1, -0.05) is 34.8 Å². The second-order valence-corrected chi connectivity index (χ2v) is 3.58. The zero-order valence-corrected chi connectivity index (χ0v) is 8.92. The van der Waals surface area contributed by atoms with Crippen molar-refractivity contribution in [2.24, 2.45) is 0 Å². The maximum absolute atomic E-state index is 5.90. The summed E-state index contributed by atoms with van der Waals surface area (Å²) < 4.78 is 1.41. The average molecular weight is 249 g/mol. The van der Waals surface area contributed by atoms with Crippen LogP contribution < -0.4 is 0 Å². The molecular formula is C7H3Cl3N4. The van der Waals surface area contributed by atoms with Crippen LogP contribution in [0.4, 0.5) is 0 Å². The summed E-state index contributed by atoms with van der Waals surface area (Å²) in [7, 11) is 0. The van der Waals surface area contributed by atoms with Crippen LogP contribution in [-0.4, -0.2) is 19.7 Å². The highest BCUT2D eigenvalue weighted by Gasteiger charge is 2.09. The number of hydrogen-bond acceptors (Lipinski definition) is 3. The molecule has 0 atom stereocenters. The highest BCUT2D eigenvalue weighted by Crippen LogP contribution is 2.27. The molecule has 2 rings (SSSR count). The van der Waals surface area contributed by atoms with Crippen LogP contribution >= 0.6 is 34.8 Å². The lowest BCUT2D eigenvalue weighted by atomic mass is 10.4. The molecule has 0 spiro atoms. The first-order valence-corrected chi connectivity index (χ1v) is 4.68. The molecule has 0 bridgehead atoms. The predicted molar refractivity (Wildman–Crippen MR) is 54.2 cm³/mol. The molecule has 2 heterocycles. The van der Waals surface area contributed by atoms with Gasteiger partial charge in [0, 0.05) is 0 Å². The lowest BCUT2D eigenvalue weighted by Crippen LogP contribution is -1.99. The summed E-state index contributed by atoms with van der Waals surface area (Å²) in [6.45, 7) is 0. The fourth-order valence-electron chi connectivity index (χ4n) is 0.913. The zero-order chi connectivity index (χ0) is 10.1. The minimum atomic E-state index is 0.182. The van der Waals surface area contributed by atoms with Gasteiger partial charge in [-0.15, -0.1) is 0 Å². The summed E-state index contributed by atoms with van der Waals surface area (Å²) >= 11 is 17.4. The minimum absolute atomic E-state index is 0.182. The summed E-state index contributed by atoms with van der Waals surface area (Å²) in [4.78, 5) is 7.75. The molecule has 0 aliphatic heterocycles. The molecule has 0 N–H and O–H groups in total. The molecule has 7 heteroatoms. The Morgan fingerprint density at radius 2 is 1.93 bits per heavy atom. The van der Waals surface area contributed by atoms with Gasteiger partial charge in [-0.05, 0) is 6.07 Å². The molecule has 0 fully saturated rings. The molecule has 0 unspecified atom stereocenters. The number of pyridine rings is 1. The van der Waals surface area contributed by atoms with Gasteiger partial charge < -0.3 is 0 Å². The molecule has 2 aromatic rings. The van der Waals surface area contributed by atoms with Crippen LogP contribution in [0.15, 0.2) is 18.7 Å². The first-order valence-electron chi connectivity index (χ1n) is 3.55. The van der Waals surface area contributed by atoms with Gasteiger partial charge in [0.15, 0.2) is 5.82 Å². The van der Waals surface area contributed by atoms with Crippen molar-refractivity contribution in [1.82, 2.24) is 19.7 Å². The van der Waals surface area contributed by atoms with Crippen LogP contribution in [0, 0.1) is 0 Å². The normalized spacial score (nSPS) is 10.5. The van der Waals surface area contributed by atoms with Crippen molar-refractivity contribution in [1.29, 1.82) is 0 Å². The van der Waals surface area contributed by atoms with E-state index in [0.717, 1.165) is 0 Å². The molecular weight excluding hydrogens is 246 g/mol. The Hall–Kier alpha value is -0.840. The largest absolute Gasteiger partial charge is 0.223 e. The first-order chi connectivity index (χ1) is 6.68. The first kappa shape index (κ1) is 9.71. The molecule has 0 saturated heterocycles. The van der Waals surface area contributed by atoms with Crippen molar-refractivity contribution >= 4 is 34.8 Å². The Bertz CT molecular complexity index is 454. The van der Waals surface area contributed by atoms with E-state index in [0.29, 0.717) is 15.9 Å². The summed E-state index contributed by atoms with van der Waals surface area (Å²) in [5.74, 6) is 0.401. The molecule has 14 heavy (non-hydrogen) atoms. The Kier molecular flexibility index (Phi) is 2.58. The van der Waals surface area contributed by atoms with Crippen LogP contribution in [-0.2, 0) is 0 Å². The zero-order valence-electron chi connectivity index (χ0n) is 6.65. The van der Waals surface area contributed by atoms with Crippen molar-refractivity contribution in [2.75, 3.05) is 0 Å². The lowest BCUT2D eigenvalue weighted by molar-refractivity contribution is 0.846. The van der Waals surface area contributed by atoms with Crippen LogP contribution in [0.25, 0.3) is 5.82 Å². The number of aromatic nitrogens is 4. The Balaban J connectivity index is 2.60. The van der Waals surface area contributed by atoms with Gasteiger partial charge in [0.2, 0.25) is 0 Å². The van der Waals surface area contributed by atoms with Crippen molar-refractivity contribution in [3.63, 3.8) is 0 Å². The van der Waals surface area contributed by atoms with Crippen LogP contribution in [0.3, 0.4) is 0 Å². The third kappa shape index (κ3) is 1.68. The van der Waals surface area contributed by atoms with Crippen LogP contribution in [0.5, 0.6) is 0 Å². The van der Waals surface area contributed by atoms with Gasteiger partial charge in [0.25, 0.3) is 0 Å². The SMILES string of the molecule is Clc1cc(Cl)c(-n2cncn2)nc1Cl. The second-order valence-electron chi connectivity index (χ2n) is 2.41. The van der Waals surface area contributed by atoms with E-state index in [2.05, 4.69) is 15.1 Å². The van der Waals surface area contributed by atoms with Crippen LogP contribution in [0.1, 0.15) is 0 Å². The molecule has 0 aliphatic carbocycles. The smallest absolute Gasteiger partial charge is 0.175 e. The maximum atomic E-state index is 5.90. The quantitative estimate of drug-likeness (QED) is 0.730. The Morgan fingerprint density at radius 1 is 1.14 bits per heavy atom. The molecule has 0 radical (unpaired) electrons. The molecule has 0 saturated carbocycles. The topological polar surface area (TPSA) is 43.6 Å². The highest BCUT2D eigenvalue weighted by molar-refractivity contribution is 6.42. The van der Waals surface area contributed by atoms with E-state index in [4.69, 9.17) is 34.8 Å². The molecule has 0 amide bonds. The van der Waals surface area contributed by atoms with Gasteiger partial charge in [0.05, 0.1) is 10.0 Å². The number of nitrogens with zero attached hydrogens (tertiary/aromatic N) is 4. The summed E-state index contributed by atoms with van der Waals surface area (Å²) in [5.41, 5.74) is 0. The maximum Gasteiger partial charge on any atom is 0.175 e. The van der Waals surface area contributed by atoms with Gasteiger partial charge in [-0.3, -0.25) is 0 Å². The standard InChI is InChI=1S/C7H3Cl3N4/c8-4-1-5(9)7(13-6(4)10)14-3-11-2-12-14/h1-3H. The third-order valence-electron chi connectivity index (χ3n) is 1.50. The van der Waals surface area contributed by atoms with E-state index in [9.17, 15) is 0 Å². The minimum Gasteiger partial charge on any atom is -0.223 e. The third-order valence-corrected chi connectivity index (χ3v) is 2.46. The second kappa shape index (κ2) is 3.73. The van der Waals surface area contributed by atoms with Gasteiger partial charge in [-0.2, -0.15) is 5.10 Å². The van der Waals surface area contributed by atoms with E-state index in [-0.39, 0.29) is 5.15 Å². The average Bonchev–Trinajstić information content (AvgIpc) is 2.64. The van der Waals surface area contributed by atoms with Gasteiger partial charge in [0.1, 0.15) is 17.8 Å². The summed E-state index contributed by atoms with van der Waals surface area (Å²) in [5, 5.41) is 4.73. The van der Waals surface area contributed by atoms with Gasteiger partial charge >= 0.3 is 0 Å².